The molecule has 0 aliphatic carbocycles. The van der Waals surface area contributed by atoms with Crippen molar-refractivity contribution in [2.45, 2.75) is 26.2 Å². The molecule has 0 saturated heterocycles. The van der Waals surface area contributed by atoms with Crippen LogP contribution >= 0.6 is 11.6 Å². The zero-order valence-corrected chi connectivity index (χ0v) is 25.1. The number of rotatable bonds is 2. The van der Waals surface area contributed by atoms with Gasteiger partial charge in [-0.25, -0.2) is 37.0 Å². The monoisotopic (exact) mass is 662 g/mol. The smallest absolute Gasteiger partial charge is 0.348 e. The summed E-state index contributed by atoms with van der Waals surface area (Å²) in [4.78, 5) is 49.1. The van der Waals surface area contributed by atoms with Crippen LogP contribution < -0.4 is 22.0 Å². The van der Waals surface area contributed by atoms with E-state index in [0.29, 0.717) is 39.7 Å². The number of hydrogen-bond acceptors (Lipinski definition) is 8. The highest BCUT2D eigenvalue weighted by atomic mass is 35.5. The lowest BCUT2D eigenvalue weighted by molar-refractivity contribution is 0.0951. The average molecular weight is 663 g/mol. The quantitative estimate of drug-likeness (QED) is 0.269. The van der Waals surface area contributed by atoms with E-state index in [1.807, 2.05) is 0 Å². The van der Waals surface area contributed by atoms with Gasteiger partial charge in [0.05, 0.1) is 35.9 Å². The summed E-state index contributed by atoms with van der Waals surface area (Å²) in [7, 11) is 1.70. The Morgan fingerprint density at radius 1 is 1.00 bits per heavy atom. The van der Waals surface area contributed by atoms with E-state index in [-0.39, 0.29) is 42.1 Å². The molecule has 8 rings (SSSR count). The summed E-state index contributed by atoms with van der Waals surface area (Å²) >= 11 is 6.72. The van der Waals surface area contributed by atoms with Crippen molar-refractivity contribution in [3.8, 4) is 0 Å². The molecule has 5 heterocycles. The van der Waals surface area contributed by atoms with Gasteiger partial charge in [0.2, 0.25) is 5.95 Å². The van der Waals surface area contributed by atoms with Crippen molar-refractivity contribution >= 4 is 40.0 Å². The van der Waals surface area contributed by atoms with Crippen LogP contribution in [0.5, 0.6) is 0 Å². The minimum atomic E-state index is -1.41. The van der Waals surface area contributed by atoms with Crippen LogP contribution in [-0.4, -0.2) is 44.6 Å². The SMILES string of the molecule is Cn1cc2c3c(c(Cl)cc2n1)Nc1nc(=O)n(c(=O)n1Cc1cc(F)c(F)cc1F)Cc1ncnn1Cc1cccc(c1)C(=O)NC3. The third-order valence-electron chi connectivity index (χ3n) is 7.73. The number of aryl methyl sites for hydroxylation is 1. The number of fused-ring (bicyclic) bond motifs is 5. The van der Waals surface area contributed by atoms with Crippen LogP contribution in [0.4, 0.5) is 24.8 Å². The molecular formula is C30H22ClF3N10O3. The lowest BCUT2D eigenvalue weighted by Gasteiger charge is -2.19. The van der Waals surface area contributed by atoms with Crippen molar-refractivity contribution in [2.75, 3.05) is 5.32 Å². The average Bonchev–Trinajstić information content (AvgIpc) is 3.63. The van der Waals surface area contributed by atoms with E-state index < -0.39 is 46.8 Å². The Labute approximate surface area is 266 Å². The van der Waals surface area contributed by atoms with Gasteiger partial charge in [0.25, 0.3) is 5.91 Å². The molecule has 2 aliphatic heterocycles. The summed E-state index contributed by atoms with van der Waals surface area (Å²) < 4.78 is 47.5. The third kappa shape index (κ3) is 5.52. The molecule has 238 valence electrons. The summed E-state index contributed by atoms with van der Waals surface area (Å²) in [6.45, 7) is -0.990. The molecule has 4 bridgehead atoms. The number of nitrogens with zero attached hydrogens (tertiary/aromatic N) is 8. The molecule has 2 aliphatic rings. The van der Waals surface area contributed by atoms with Gasteiger partial charge in [-0.3, -0.25) is 14.0 Å². The minimum absolute atomic E-state index is 0.0829. The Morgan fingerprint density at radius 3 is 2.64 bits per heavy atom. The van der Waals surface area contributed by atoms with Crippen molar-refractivity contribution in [3.63, 3.8) is 0 Å². The molecule has 0 atom stereocenters. The molecule has 1 amide bonds. The molecule has 0 saturated carbocycles. The third-order valence-corrected chi connectivity index (χ3v) is 8.03. The highest BCUT2D eigenvalue weighted by Crippen LogP contribution is 2.35. The van der Waals surface area contributed by atoms with E-state index >= 15 is 0 Å². The minimum Gasteiger partial charge on any atom is -0.348 e. The van der Waals surface area contributed by atoms with Crippen LogP contribution in [0.15, 0.2) is 64.6 Å². The number of nitrogens with one attached hydrogen (secondary N) is 2. The van der Waals surface area contributed by atoms with Crippen LogP contribution in [0, 0.1) is 17.5 Å². The highest BCUT2D eigenvalue weighted by Gasteiger charge is 2.23. The molecule has 13 nitrogen and oxygen atoms in total. The van der Waals surface area contributed by atoms with Crippen molar-refractivity contribution in [1.29, 1.82) is 0 Å². The van der Waals surface area contributed by atoms with Gasteiger partial charge >= 0.3 is 11.4 Å². The number of benzene rings is 3. The molecule has 0 fully saturated rings. The summed E-state index contributed by atoms with van der Waals surface area (Å²) in [6, 6.07) is 9.34. The summed E-state index contributed by atoms with van der Waals surface area (Å²) in [5, 5.41) is 15.1. The van der Waals surface area contributed by atoms with Gasteiger partial charge in [-0.1, -0.05) is 23.7 Å². The number of carbonyl (C=O) groups excluding carboxylic acids is 1. The topological polar surface area (TPSA) is 147 Å². The number of hydrogen-bond donors (Lipinski definition) is 2. The molecule has 0 spiro atoms. The summed E-state index contributed by atoms with van der Waals surface area (Å²) in [5.41, 5.74) is -0.218. The fraction of sp³-hybridized carbons (Fsp3) is 0.167. The van der Waals surface area contributed by atoms with E-state index in [1.165, 1.54) is 11.0 Å². The van der Waals surface area contributed by atoms with Gasteiger partial charge < -0.3 is 10.6 Å². The standard InChI is InChI=1S/C30H22ClF3N10O3/c1-41-12-19-18-9-35-27(45)16-4-2-3-15(5-16)10-44-25(36-14-37-44)13-43-29(46)39-28(38-26(18)20(31)7-24(19)40-41)42(30(43)47)11-17-6-22(33)23(34)8-21(17)32/h2-8,12,14H,9-11,13H2,1H3,(H,35,45)(H,38,39,46). The van der Waals surface area contributed by atoms with Gasteiger partial charge in [0.15, 0.2) is 11.6 Å². The van der Waals surface area contributed by atoms with Gasteiger partial charge in [0.1, 0.15) is 18.0 Å². The van der Waals surface area contributed by atoms with E-state index in [0.717, 1.165) is 9.13 Å². The predicted octanol–water partition coefficient (Wildman–Crippen LogP) is 3.09. The molecule has 6 aromatic rings. The lowest BCUT2D eigenvalue weighted by atomic mass is 10.1. The van der Waals surface area contributed by atoms with Crippen molar-refractivity contribution in [1.82, 2.24) is 44.0 Å². The first-order valence-electron chi connectivity index (χ1n) is 14.1. The summed E-state index contributed by atoms with van der Waals surface area (Å²) in [6.07, 6.45) is 2.94. The van der Waals surface area contributed by atoms with Gasteiger partial charge in [0, 0.05) is 47.9 Å². The maximum absolute atomic E-state index is 14.9. The van der Waals surface area contributed by atoms with Crippen LogP contribution in [0.2, 0.25) is 5.02 Å². The largest absolute Gasteiger partial charge is 0.355 e. The van der Waals surface area contributed by atoms with Crippen molar-refractivity contribution in [3.05, 3.63) is 127 Å². The van der Waals surface area contributed by atoms with Gasteiger partial charge in [-0.15, -0.1) is 0 Å². The first-order valence-corrected chi connectivity index (χ1v) is 14.4. The van der Waals surface area contributed by atoms with E-state index in [2.05, 4.69) is 30.8 Å². The van der Waals surface area contributed by atoms with Crippen LogP contribution in [0.25, 0.3) is 10.9 Å². The molecule has 47 heavy (non-hydrogen) atoms. The van der Waals surface area contributed by atoms with Gasteiger partial charge in [-0.2, -0.15) is 15.2 Å². The Morgan fingerprint density at radius 2 is 1.81 bits per heavy atom. The second-order valence-electron chi connectivity index (χ2n) is 10.8. The Bertz CT molecular complexity index is 2360. The maximum atomic E-state index is 14.9. The number of anilines is 2. The molecule has 3 aromatic carbocycles. The normalized spacial score (nSPS) is 13.2. The fourth-order valence-corrected chi connectivity index (χ4v) is 5.71. The van der Waals surface area contributed by atoms with Gasteiger partial charge in [-0.05, 0) is 29.8 Å². The lowest BCUT2D eigenvalue weighted by Crippen LogP contribution is -2.43. The Kier molecular flexibility index (Phi) is 7.35. The second kappa shape index (κ2) is 11.5. The number of aromatic nitrogens is 8. The van der Waals surface area contributed by atoms with E-state index in [9.17, 15) is 27.6 Å². The zero-order chi connectivity index (χ0) is 33.0. The summed E-state index contributed by atoms with van der Waals surface area (Å²) in [5.74, 6) is -4.46. The van der Waals surface area contributed by atoms with Crippen molar-refractivity contribution < 1.29 is 18.0 Å². The fourth-order valence-electron chi connectivity index (χ4n) is 5.44. The first kappa shape index (κ1) is 29.9. The maximum Gasteiger partial charge on any atom is 0.355 e. The highest BCUT2D eigenvalue weighted by molar-refractivity contribution is 6.34. The molecular weight excluding hydrogens is 641 g/mol. The van der Waals surface area contributed by atoms with E-state index in [4.69, 9.17) is 11.6 Å². The molecule has 0 unspecified atom stereocenters. The van der Waals surface area contributed by atoms with Crippen LogP contribution in [0.3, 0.4) is 0 Å². The van der Waals surface area contributed by atoms with E-state index in [1.54, 1.807) is 48.3 Å². The number of halogens is 4. The Balaban J connectivity index is 1.47. The predicted molar refractivity (Wildman–Crippen MR) is 163 cm³/mol. The van der Waals surface area contributed by atoms with Crippen molar-refractivity contribution in [2.24, 2.45) is 7.05 Å². The van der Waals surface area contributed by atoms with Crippen LogP contribution in [-0.2, 0) is 33.2 Å². The number of amides is 1. The molecule has 3 aromatic heterocycles. The second-order valence-corrected chi connectivity index (χ2v) is 11.2. The van der Waals surface area contributed by atoms with Crippen LogP contribution in [0.1, 0.15) is 32.9 Å². The molecule has 17 heteroatoms. The number of carbonyl (C=O) groups is 1. The molecule has 2 N–H and O–H groups in total. The molecule has 0 radical (unpaired) electrons. The first-order chi connectivity index (χ1) is 22.5. The zero-order valence-electron chi connectivity index (χ0n) is 24.3. The Hall–Kier alpha value is -5.77.